The van der Waals surface area contributed by atoms with Crippen LogP contribution in [0.25, 0.3) is 0 Å². The monoisotopic (exact) mass is 610 g/mol. The molecular formula is C36H58O4Si2. The van der Waals surface area contributed by atoms with Gasteiger partial charge in [0.2, 0.25) is 0 Å². The number of terminal acetylenes is 1. The van der Waals surface area contributed by atoms with E-state index in [4.69, 9.17) is 20.0 Å². The zero-order chi connectivity index (χ0) is 32.5. The average molecular weight is 611 g/mol. The number of ether oxygens (including phenoxy) is 1. The number of carbonyl (C=O) groups excluding carboxylic acids is 1. The fraction of sp³-hybridized carbons (Fsp3) is 0.583. The van der Waals surface area contributed by atoms with Gasteiger partial charge in [0.25, 0.3) is 0 Å². The molecule has 0 heterocycles. The summed E-state index contributed by atoms with van der Waals surface area (Å²) in [6, 6.07) is 10.4. The Labute approximate surface area is 261 Å². The highest BCUT2D eigenvalue weighted by atomic mass is 28.4. The fourth-order valence-electron chi connectivity index (χ4n) is 3.41. The molecule has 0 aliphatic carbocycles. The quantitative estimate of drug-likeness (QED) is 0.0966. The van der Waals surface area contributed by atoms with Crippen molar-refractivity contribution in [2.45, 2.75) is 129 Å². The summed E-state index contributed by atoms with van der Waals surface area (Å²) >= 11 is 0. The van der Waals surface area contributed by atoms with E-state index in [2.05, 4.69) is 116 Å². The van der Waals surface area contributed by atoms with Crippen LogP contribution >= 0.6 is 0 Å². The number of allylic oxidation sites excluding steroid dienone is 3. The minimum absolute atomic E-state index is 0.0707. The molecular weight excluding hydrogens is 553 g/mol. The van der Waals surface area contributed by atoms with Crippen molar-refractivity contribution in [3.63, 3.8) is 0 Å². The Morgan fingerprint density at radius 2 is 1.52 bits per heavy atom. The number of aryl methyl sites for hydroxylation is 1. The smallest absolute Gasteiger partial charge is 0.305 e. The molecule has 0 N–H and O–H groups in total. The number of benzene rings is 1. The first-order valence-corrected chi connectivity index (χ1v) is 20.9. The van der Waals surface area contributed by atoms with E-state index in [-0.39, 0.29) is 28.3 Å². The van der Waals surface area contributed by atoms with Crippen molar-refractivity contribution in [3.05, 3.63) is 60.2 Å². The van der Waals surface area contributed by atoms with Gasteiger partial charge in [0.1, 0.15) is 0 Å². The third kappa shape index (κ3) is 15.8. The second-order valence-electron chi connectivity index (χ2n) is 13.6. The van der Waals surface area contributed by atoms with Gasteiger partial charge in [0.05, 0.1) is 19.3 Å². The summed E-state index contributed by atoms with van der Waals surface area (Å²) in [7, 11) is -2.69. The molecule has 0 spiro atoms. The molecule has 2 atom stereocenters. The first-order valence-electron chi connectivity index (χ1n) is 15.1. The molecule has 0 unspecified atom stereocenters. The van der Waals surface area contributed by atoms with Gasteiger partial charge in [-0.2, -0.15) is 0 Å². The van der Waals surface area contributed by atoms with Crippen molar-refractivity contribution >= 4 is 22.6 Å². The maximum atomic E-state index is 11.7. The van der Waals surface area contributed by atoms with Gasteiger partial charge in [-0.15, -0.1) is 18.3 Å². The minimum atomic E-state index is -2.06. The largest absolute Gasteiger partial charge is 0.469 e. The van der Waals surface area contributed by atoms with Crippen LogP contribution in [0, 0.1) is 24.2 Å². The number of rotatable bonds is 13. The van der Waals surface area contributed by atoms with Gasteiger partial charge in [0, 0.05) is 12.8 Å². The van der Waals surface area contributed by atoms with E-state index < -0.39 is 16.6 Å². The third-order valence-electron chi connectivity index (χ3n) is 8.12. The Kier molecular flexibility index (Phi) is 18.0. The number of carbonyl (C=O) groups is 1. The van der Waals surface area contributed by atoms with Crippen molar-refractivity contribution in [1.82, 2.24) is 0 Å². The topological polar surface area (TPSA) is 44.8 Å². The summed E-state index contributed by atoms with van der Waals surface area (Å²) in [5.41, 5.74) is 1.37. The number of esters is 1. The number of hydrogen-bond donors (Lipinski definition) is 0. The van der Waals surface area contributed by atoms with Crippen LogP contribution in [-0.4, -0.2) is 41.9 Å². The fourth-order valence-corrected chi connectivity index (χ4v) is 6.04. The van der Waals surface area contributed by atoms with E-state index in [1.165, 1.54) is 12.7 Å². The average Bonchev–Trinajstić information content (AvgIpc) is 2.89. The Morgan fingerprint density at radius 1 is 0.952 bits per heavy atom. The molecule has 6 heteroatoms. The first kappa shape index (κ1) is 39.6. The van der Waals surface area contributed by atoms with Gasteiger partial charge < -0.3 is 13.6 Å². The zero-order valence-electron chi connectivity index (χ0n) is 28.6. The van der Waals surface area contributed by atoms with E-state index in [1.54, 1.807) is 6.08 Å². The van der Waals surface area contributed by atoms with Crippen LogP contribution in [-0.2, 0) is 24.8 Å². The van der Waals surface area contributed by atoms with Gasteiger partial charge in [-0.25, -0.2) is 0 Å². The molecule has 0 amide bonds. The summed E-state index contributed by atoms with van der Waals surface area (Å²) < 4.78 is 18.5. The molecule has 0 aromatic heterocycles. The molecule has 0 radical (unpaired) electrons. The van der Waals surface area contributed by atoms with Crippen LogP contribution in [0.15, 0.2) is 54.6 Å². The van der Waals surface area contributed by atoms with Crippen molar-refractivity contribution in [3.8, 4) is 24.2 Å². The third-order valence-corrected chi connectivity index (χ3v) is 17.1. The highest BCUT2D eigenvalue weighted by Gasteiger charge is 2.44. The minimum Gasteiger partial charge on any atom is -0.469 e. The van der Waals surface area contributed by atoms with Crippen LogP contribution in [0.4, 0.5) is 0 Å². The molecule has 0 fully saturated rings. The standard InChI is InChI=1S/C25H46O4Si2.C11H12/c1-13-14-15-16-18-21(28-30(9,10)24(2,3)4)22(19-17-20-23(26)27-8)29-31(11,12)25(5,6)7;1-2-3-5-8-11-9-6-4-7-10-11/h1,14-16,18,21-22H,17,19-20H2,2-12H3;4,6-7,9-10H,5,8H2,1H3/b15-14+,18-16+;/t21-,22+;/m1./s1. The van der Waals surface area contributed by atoms with E-state index in [1.807, 2.05) is 25.1 Å². The summed E-state index contributed by atoms with van der Waals surface area (Å²) in [6.07, 6.45) is 16.3. The van der Waals surface area contributed by atoms with Crippen LogP contribution < -0.4 is 0 Å². The second kappa shape index (κ2) is 19.0. The van der Waals surface area contributed by atoms with E-state index in [9.17, 15) is 4.79 Å². The van der Waals surface area contributed by atoms with Crippen LogP contribution in [0.1, 0.15) is 79.7 Å². The summed E-state index contributed by atoms with van der Waals surface area (Å²) in [5.74, 6) is 8.26. The van der Waals surface area contributed by atoms with E-state index in [0.29, 0.717) is 12.8 Å². The van der Waals surface area contributed by atoms with Gasteiger partial charge in [0.15, 0.2) is 16.6 Å². The maximum Gasteiger partial charge on any atom is 0.305 e. The number of hydrogen-bond acceptors (Lipinski definition) is 4. The lowest BCUT2D eigenvalue weighted by molar-refractivity contribution is -0.140. The molecule has 0 saturated heterocycles. The van der Waals surface area contributed by atoms with Gasteiger partial charge >= 0.3 is 5.97 Å². The summed E-state index contributed by atoms with van der Waals surface area (Å²) in [5, 5.41) is 0.142. The van der Waals surface area contributed by atoms with Gasteiger partial charge in [-0.3, -0.25) is 4.79 Å². The Balaban J connectivity index is 0.00000126. The molecule has 4 nitrogen and oxygen atoms in total. The molecule has 1 rings (SSSR count). The van der Waals surface area contributed by atoms with Crippen molar-refractivity contribution in [2.75, 3.05) is 7.11 Å². The predicted octanol–water partition coefficient (Wildman–Crippen LogP) is 9.50. The van der Waals surface area contributed by atoms with Crippen molar-refractivity contribution < 1.29 is 18.4 Å². The molecule has 0 bridgehead atoms. The summed E-state index contributed by atoms with van der Waals surface area (Å²) in [4.78, 5) is 11.7. The molecule has 1 aromatic carbocycles. The molecule has 1 aromatic rings. The van der Waals surface area contributed by atoms with Gasteiger partial charge in [-0.05, 0) is 74.1 Å². The lowest BCUT2D eigenvalue weighted by Gasteiger charge is -2.44. The van der Waals surface area contributed by atoms with E-state index in [0.717, 1.165) is 19.3 Å². The second-order valence-corrected chi connectivity index (χ2v) is 23.1. The number of methoxy groups -OCH3 is 1. The molecule has 0 aliphatic rings. The lowest BCUT2D eigenvalue weighted by atomic mass is 10.1. The van der Waals surface area contributed by atoms with E-state index >= 15 is 0 Å². The van der Waals surface area contributed by atoms with Crippen molar-refractivity contribution in [2.24, 2.45) is 0 Å². The molecule has 42 heavy (non-hydrogen) atoms. The van der Waals surface area contributed by atoms with Gasteiger partial charge in [-0.1, -0.05) is 96.0 Å². The predicted molar refractivity (Wildman–Crippen MR) is 185 cm³/mol. The SMILES string of the molecule is C#C/C=C/C=C/[C@@H](O[Si](C)(C)C(C)(C)C)[C@H](CCCC(=O)OC)O[Si](C)(C)C(C)(C)C.CC#CCCc1ccccc1. The maximum absolute atomic E-state index is 11.7. The molecule has 234 valence electrons. The Hall–Kier alpha value is -2.36. The van der Waals surface area contributed by atoms with Crippen LogP contribution in [0.2, 0.25) is 36.3 Å². The first-order chi connectivity index (χ1) is 19.4. The summed E-state index contributed by atoms with van der Waals surface area (Å²) in [6.45, 7) is 24.3. The normalized spacial score (nSPS) is 13.9. The lowest BCUT2D eigenvalue weighted by Crippen LogP contribution is -2.51. The molecule has 0 aliphatic heterocycles. The van der Waals surface area contributed by atoms with Crippen LogP contribution in [0.5, 0.6) is 0 Å². The molecule has 0 saturated carbocycles. The van der Waals surface area contributed by atoms with Crippen LogP contribution in [0.3, 0.4) is 0 Å². The Bertz CT molecular complexity index is 1070. The highest BCUT2D eigenvalue weighted by molar-refractivity contribution is 6.74. The zero-order valence-corrected chi connectivity index (χ0v) is 30.6. The van der Waals surface area contributed by atoms with Crippen molar-refractivity contribution in [1.29, 1.82) is 0 Å². The Morgan fingerprint density at radius 3 is 2.02 bits per heavy atom. The highest BCUT2D eigenvalue weighted by Crippen LogP contribution is 2.41.